The van der Waals surface area contributed by atoms with Crippen LogP contribution < -0.4 is 10.1 Å². The van der Waals surface area contributed by atoms with Crippen molar-refractivity contribution in [3.05, 3.63) is 24.3 Å². The molecule has 0 atom stereocenters. The van der Waals surface area contributed by atoms with E-state index in [-0.39, 0.29) is 5.91 Å². The van der Waals surface area contributed by atoms with E-state index >= 15 is 0 Å². The first-order valence-electron chi connectivity index (χ1n) is 4.31. The summed E-state index contributed by atoms with van der Waals surface area (Å²) in [5.74, 6) is 1.16. The van der Waals surface area contributed by atoms with E-state index in [2.05, 4.69) is 17.9 Å². The Morgan fingerprint density at radius 2 is 2.21 bits per heavy atom. The van der Waals surface area contributed by atoms with Crippen molar-refractivity contribution in [2.24, 2.45) is 0 Å². The molecule has 76 valence electrons. The van der Waals surface area contributed by atoms with Gasteiger partial charge in [0.2, 0.25) is 5.91 Å². The van der Waals surface area contributed by atoms with Gasteiger partial charge in [-0.15, -0.1) is 0 Å². The highest BCUT2D eigenvalue weighted by Crippen LogP contribution is 2.22. The molecule has 0 bridgehead atoms. The van der Waals surface area contributed by atoms with E-state index in [4.69, 9.17) is 4.74 Å². The van der Waals surface area contributed by atoms with Crippen LogP contribution in [0.5, 0.6) is 5.75 Å². The van der Waals surface area contributed by atoms with Crippen molar-refractivity contribution in [2.75, 3.05) is 18.2 Å². The molecule has 0 radical (unpaired) electrons. The summed E-state index contributed by atoms with van der Waals surface area (Å²) in [5, 5.41) is 2.75. The van der Waals surface area contributed by atoms with Crippen LogP contribution >= 0.6 is 12.6 Å². The highest BCUT2D eigenvalue weighted by molar-refractivity contribution is 7.80. The number of nitrogens with one attached hydrogen (secondary N) is 1. The van der Waals surface area contributed by atoms with Crippen molar-refractivity contribution in [3.63, 3.8) is 0 Å². The van der Waals surface area contributed by atoms with Gasteiger partial charge in [-0.25, -0.2) is 0 Å². The van der Waals surface area contributed by atoms with Gasteiger partial charge < -0.3 is 10.1 Å². The maximum absolute atomic E-state index is 11.3. The molecule has 4 heteroatoms. The largest absolute Gasteiger partial charge is 0.495 e. The predicted molar refractivity (Wildman–Crippen MR) is 60.1 cm³/mol. The Balaban J connectivity index is 2.70. The normalized spacial score (nSPS) is 9.57. The number of carbonyl (C=O) groups is 1. The molecular weight excluding hydrogens is 198 g/mol. The summed E-state index contributed by atoms with van der Waals surface area (Å²) < 4.78 is 5.09. The van der Waals surface area contributed by atoms with Gasteiger partial charge in [0.1, 0.15) is 5.75 Å². The lowest BCUT2D eigenvalue weighted by molar-refractivity contribution is -0.115. The molecule has 14 heavy (non-hydrogen) atoms. The molecule has 0 fully saturated rings. The summed E-state index contributed by atoms with van der Waals surface area (Å²) in [6.45, 7) is 0. The van der Waals surface area contributed by atoms with Crippen LogP contribution in [0.2, 0.25) is 0 Å². The van der Waals surface area contributed by atoms with E-state index in [1.165, 1.54) is 0 Å². The first-order valence-corrected chi connectivity index (χ1v) is 4.95. The van der Waals surface area contributed by atoms with Gasteiger partial charge in [0.25, 0.3) is 0 Å². The van der Waals surface area contributed by atoms with E-state index < -0.39 is 0 Å². The summed E-state index contributed by atoms with van der Waals surface area (Å²) in [7, 11) is 1.57. The minimum atomic E-state index is -0.0514. The zero-order valence-corrected chi connectivity index (χ0v) is 8.88. The van der Waals surface area contributed by atoms with Crippen molar-refractivity contribution in [1.29, 1.82) is 0 Å². The number of ether oxygens (including phenoxy) is 1. The SMILES string of the molecule is COc1ccccc1NC(=O)CCS. The minimum Gasteiger partial charge on any atom is -0.495 e. The summed E-state index contributed by atoms with van der Waals surface area (Å²) in [6.07, 6.45) is 0.404. The Morgan fingerprint density at radius 1 is 1.50 bits per heavy atom. The topological polar surface area (TPSA) is 38.3 Å². The summed E-state index contributed by atoms with van der Waals surface area (Å²) in [4.78, 5) is 11.3. The number of anilines is 1. The van der Waals surface area contributed by atoms with Gasteiger partial charge in [0.15, 0.2) is 0 Å². The second-order valence-electron chi connectivity index (χ2n) is 2.72. The Bertz CT molecular complexity index is 315. The fourth-order valence-corrected chi connectivity index (χ4v) is 1.27. The Labute approximate surface area is 88.9 Å². The zero-order chi connectivity index (χ0) is 10.4. The third kappa shape index (κ3) is 2.96. The quantitative estimate of drug-likeness (QED) is 0.747. The van der Waals surface area contributed by atoms with Crippen LogP contribution in [0.4, 0.5) is 5.69 Å². The van der Waals surface area contributed by atoms with E-state index in [1.54, 1.807) is 19.2 Å². The lowest BCUT2D eigenvalue weighted by Gasteiger charge is -2.08. The van der Waals surface area contributed by atoms with Crippen LogP contribution in [0, 0.1) is 0 Å². The van der Waals surface area contributed by atoms with Crippen molar-refractivity contribution in [1.82, 2.24) is 0 Å². The molecule has 0 aliphatic rings. The van der Waals surface area contributed by atoms with Crippen LogP contribution in [0.15, 0.2) is 24.3 Å². The highest BCUT2D eigenvalue weighted by atomic mass is 32.1. The maximum atomic E-state index is 11.3. The van der Waals surface area contributed by atoms with Gasteiger partial charge in [-0.2, -0.15) is 12.6 Å². The molecular formula is C10H13NO2S. The number of carbonyl (C=O) groups excluding carboxylic acids is 1. The van der Waals surface area contributed by atoms with Crippen molar-refractivity contribution in [2.45, 2.75) is 6.42 Å². The molecule has 3 nitrogen and oxygen atoms in total. The third-order valence-corrected chi connectivity index (χ3v) is 1.94. The van der Waals surface area contributed by atoms with E-state index in [1.807, 2.05) is 12.1 Å². The van der Waals surface area contributed by atoms with Gasteiger partial charge in [0.05, 0.1) is 12.8 Å². The van der Waals surface area contributed by atoms with E-state index in [0.29, 0.717) is 23.6 Å². The number of methoxy groups -OCH3 is 1. The van der Waals surface area contributed by atoms with Gasteiger partial charge in [-0.05, 0) is 17.9 Å². The van der Waals surface area contributed by atoms with Crippen LogP contribution in [-0.2, 0) is 4.79 Å². The molecule has 0 aromatic heterocycles. The van der Waals surface area contributed by atoms with Gasteiger partial charge in [-0.1, -0.05) is 12.1 Å². The second kappa shape index (κ2) is 5.54. The molecule has 0 spiro atoms. The van der Waals surface area contributed by atoms with Gasteiger partial charge >= 0.3 is 0 Å². The first-order chi connectivity index (χ1) is 6.77. The van der Waals surface area contributed by atoms with Crippen LogP contribution in [0.25, 0.3) is 0 Å². The standard InChI is InChI=1S/C10H13NO2S/c1-13-9-5-3-2-4-8(9)11-10(12)6-7-14/h2-5,14H,6-7H2,1H3,(H,11,12). The molecule has 0 unspecified atom stereocenters. The lowest BCUT2D eigenvalue weighted by atomic mass is 10.3. The van der Waals surface area contributed by atoms with Crippen molar-refractivity contribution < 1.29 is 9.53 Å². The smallest absolute Gasteiger partial charge is 0.225 e. The molecule has 1 aromatic carbocycles. The molecule has 0 heterocycles. The number of hydrogen-bond donors (Lipinski definition) is 2. The summed E-state index contributed by atoms with van der Waals surface area (Å²) in [5.41, 5.74) is 0.696. The number of hydrogen-bond acceptors (Lipinski definition) is 3. The molecule has 1 aromatic rings. The fraction of sp³-hybridized carbons (Fsp3) is 0.300. The summed E-state index contributed by atoms with van der Waals surface area (Å²) >= 11 is 3.98. The Morgan fingerprint density at radius 3 is 2.86 bits per heavy atom. The molecule has 0 saturated carbocycles. The molecule has 1 N–H and O–H groups in total. The number of thiol groups is 1. The Kier molecular flexibility index (Phi) is 4.32. The average Bonchev–Trinajstić information content (AvgIpc) is 2.19. The minimum absolute atomic E-state index is 0.0514. The van der Waals surface area contributed by atoms with Gasteiger partial charge in [-0.3, -0.25) is 4.79 Å². The predicted octanol–water partition coefficient (Wildman–Crippen LogP) is 1.95. The second-order valence-corrected chi connectivity index (χ2v) is 3.17. The van der Waals surface area contributed by atoms with Crippen LogP contribution in [0.3, 0.4) is 0 Å². The number of benzene rings is 1. The van der Waals surface area contributed by atoms with E-state index in [0.717, 1.165) is 0 Å². The van der Waals surface area contributed by atoms with Crippen molar-refractivity contribution >= 4 is 24.2 Å². The summed E-state index contributed by atoms with van der Waals surface area (Å²) in [6, 6.07) is 7.30. The lowest BCUT2D eigenvalue weighted by Crippen LogP contribution is -2.12. The number of rotatable bonds is 4. The monoisotopic (exact) mass is 211 g/mol. The number of para-hydroxylation sites is 2. The molecule has 1 amide bonds. The first kappa shape index (κ1) is 10.9. The highest BCUT2D eigenvalue weighted by Gasteiger charge is 2.04. The average molecular weight is 211 g/mol. The molecule has 0 aliphatic carbocycles. The maximum Gasteiger partial charge on any atom is 0.225 e. The molecule has 0 saturated heterocycles. The van der Waals surface area contributed by atoms with E-state index in [9.17, 15) is 4.79 Å². The van der Waals surface area contributed by atoms with Crippen molar-refractivity contribution in [3.8, 4) is 5.75 Å². The van der Waals surface area contributed by atoms with Crippen LogP contribution in [-0.4, -0.2) is 18.8 Å². The fourth-order valence-electron chi connectivity index (χ4n) is 1.06. The zero-order valence-electron chi connectivity index (χ0n) is 7.99. The van der Waals surface area contributed by atoms with Crippen LogP contribution in [0.1, 0.15) is 6.42 Å². The molecule has 0 aliphatic heterocycles. The Hall–Kier alpha value is -1.16. The molecule has 1 rings (SSSR count). The van der Waals surface area contributed by atoms with Gasteiger partial charge in [0, 0.05) is 6.42 Å². The third-order valence-electron chi connectivity index (χ3n) is 1.72. The number of amides is 1.